The van der Waals surface area contributed by atoms with Gasteiger partial charge in [0.25, 0.3) is 0 Å². The number of hydrogen-bond acceptors (Lipinski definition) is 3. The van der Waals surface area contributed by atoms with E-state index in [0.717, 1.165) is 11.3 Å². The molecule has 0 spiro atoms. The van der Waals surface area contributed by atoms with Crippen molar-refractivity contribution in [2.45, 2.75) is 13.8 Å². The smallest absolute Gasteiger partial charge is 0.126 e. The molecule has 0 radical (unpaired) electrons. The Labute approximate surface area is 97.9 Å². The maximum absolute atomic E-state index is 6.06. The molecule has 0 amide bonds. The van der Waals surface area contributed by atoms with E-state index in [0.29, 0.717) is 10.0 Å². The van der Waals surface area contributed by atoms with Gasteiger partial charge in [0, 0.05) is 5.56 Å². The largest absolute Gasteiger partial charge is 0.388 e. The highest BCUT2D eigenvalue weighted by Crippen LogP contribution is 2.34. The summed E-state index contributed by atoms with van der Waals surface area (Å²) in [6.45, 7) is 4.15. The van der Waals surface area contributed by atoms with Crippen molar-refractivity contribution in [1.82, 2.24) is 4.37 Å². The number of nitrogens with zero attached hydrogens (tertiary/aromatic N) is 1. The van der Waals surface area contributed by atoms with Crippen LogP contribution in [0.1, 0.15) is 11.1 Å². The first kappa shape index (κ1) is 10.5. The minimum Gasteiger partial charge on any atom is -0.388 e. The zero-order chi connectivity index (χ0) is 11.0. The van der Waals surface area contributed by atoms with Gasteiger partial charge in [-0.2, -0.15) is 4.37 Å². The van der Waals surface area contributed by atoms with Crippen LogP contribution in [0.25, 0.3) is 11.3 Å². The first-order valence-corrected chi connectivity index (χ1v) is 5.73. The van der Waals surface area contributed by atoms with Crippen LogP contribution in [0.4, 0.5) is 5.00 Å². The lowest BCUT2D eigenvalue weighted by atomic mass is 10.0. The molecular weight excluding hydrogens is 228 g/mol. The highest BCUT2D eigenvalue weighted by atomic mass is 35.5. The Morgan fingerprint density at radius 3 is 2.53 bits per heavy atom. The molecule has 0 saturated heterocycles. The minimum atomic E-state index is 0.559. The van der Waals surface area contributed by atoms with Crippen molar-refractivity contribution < 1.29 is 0 Å². The summed E-state index contributed by atoms with van der Waals surface area (Å²) < 4.78 is 4.24. The van der Waals surface area contributed by atoms with E-state index in [2.05, 4.69) is 30.4 Å². The van der Waals surface area contributed by atoms with Crippen LogP contribution in [-0.2, 0) is 0 Å². The molecule has 0 aliphatic heterocycles. The molecule has 0 unspecified atom stereocenters. The molecular formula is C11H11ClN2S. The van der Waals surface area contributed by atoms with Gasteiger partial charge in [-0.15, -0.1) is 0 Å². The molecule has 2 rings (SSSR count). The SMILES string of the molecule is Cc1ccc(-c2nsc(N)c2Cl)cc1C. The van der Waals surface area contributed by atoms with Crippen LogP contribution in [0.5, 0.6) is 0 Å². The summed E-state index contributed by atoms with van der Waals surface area (Å²) in [6.07, 6.45) is 0. The number of benzene rings is 1. The maximum Gasteiger partial charge on any atom is 0.126 e. The summed E-state index contributed by atoms with van der Waals surface area (Å²) in [5, 5.41) is 1.13. The summed E-state index contributed by atoms with van der Waals surface area (Å²) >= 11 is 7.29. The zero-order valence-electron chi connectivity index (χ0n) is 8.54. The number of anilines is 1. The van der Waals surface area contributed by atoms with E-state index in [1.807, 2.05) is 6.07 Å². The molecule has 1 heterocycles. The van der Waals surface area contributed by atoms with Crippen LogP contribution < -0.4 is 5.73 Å². The highest BCUT2D eigenvalue weighted by Gasteiger charge is 2.11. The summed E-state index contributed by atoms with van der Waals surface area (Å²) in [7, 11) is 0. The lowest BCUT2D eigenvalue weighted by molar-refractivity contribution is 1.33. The fourth-order valence-electron chi connectivity index (χ4n) is 1.36. The Hall–Kier alpha value is -1.06. The molecule has 78 valence electrons. The van der Waals surface area contributed by atoms with Gasteiger partial charge in [0.15, 0.2) is 0 Å². The van der Waals surface area contributed by atoms with Gasteiger partial charge in [0.2, 0.25) is 0 Å². The fraction of sp³-hybridized carbons (Fsp3) is 0.182. The molecule has 0 aliphatic carbocycles. The summed E-state index contributed by atoms with van der Waals surface area (Å²) in [4.78, 5) is 0. The molecule has 2 N–H and O–H groups in total. The zero-order valence-corrected chi connectivity index (χ0v) is 10.1. The number of nitrogen functional groups attached to an aromatic ring is 1. The summed E-state index contributed by atoms with van der Waals surface area (Å²) in [5.41, 5.74) is 9.97. The second kappa shape index (κ2) is 3.83. The third-order valence-electron chi connectivity index (χ3n) is 2.44. The number of hydrogen-bond donors (Lipinski definition) is 1. The van der Waals surface area contributed by atoms with Crippen molar-refractivity contribution in [3.8, 4) is 11.3 Å². The van der Waals surface area contributed by atoms with Gasteiger partial charge in [-0.3, -0.25) is 0 Å². The van der Waals surface area contributed by atoms with Crippen molar-refractivity contribution in [3.05, 3.63) is 34.3 Å². The number of aromatic nitrogens is 1. The number of rotatable bonds is 1. The predicted molar refractivity (Wildman–Crippen MR) is 66.4 cm³/mol. The van der Waals surface area contributed by atoms with E-state index in [1.165, 1.54) is 22.7 Å². The van der Waals surface area contributed by atoms with Crippen molar-refractivity contribution in [2.75, 3.05) is 5.73 Å². The Morgan fingerprint density at radius 2 is 2.00 bits per heavy atom. The van der Waals surface area contributed by atoms with Gasteiger partial charge < -0.3 is 5.73 Å². The first-order valence-electron chi connectivity index (χ1n) is 4.58. The third kappa shape index (κ3) is 1.85. The summed E-state index contributed by atoms with van der Waals surface area (Å²) in [5.74, 6) is 0. The van der Waals surface area contributed by atoms with Gasteiger partial charge in [-0.05, 0) is 42.6 Å². The second-order valence-electron chi connectivity index (χ2n) is 3.51. The third-order valence-corrected chi connectivity index (χ3v) is 3.61. The standard InChI is InChI=1S/C11H11ClN2S/c1-6-3-4-8(5-7(6)2)10-9(12)11(13)15-14-10/h3-5H,13H2,1-2H3. The average molecular weight is 239 g/mol. The topological polar surface area (TPSA) is 38.9 Å². The quantitative estimate of drug-likeness (QED) is 0.824. The van der Waals surface area contributed by atoms with E-state index in [-0.39, 0.29) is 0 Å². The Bertz CT molecular complexity index is 505. The molecule has 15 heavy (non-hydrogen) atoms. The number of aryl methyl sites for hydroxylation is 2. The molecule has 0 saturated carbocycles. The van der Waals surface area contributed by atoms with Gasteiger partial charge in [0.05, 0.1) is 0 Å². The number of halogens is 1. The molecule has 2 nitrogen and oxygen atoms in total. The van der Waals surface area contributed by atoms with Crippen molar-refractivity contribution >= 4 is 28.1 Å². The molecule has 0 bridgehead atoms. The van der Waals surface area contributed by atoms with Gasteiger partial charge >= 0.3 is 0 Å². The van der Waals surface area contributed by atoms with E-state index < -0.39 is 0 Å². The first-order chi connectivity index (χ1) is 7.09. The van der Waals surface area contributed by atoms with E-state index in [1.54, 1.807) is 0 Å². The Morgan fingerprint density at radius 1 is 1.27 bits per heavy atom. The molecule has 0 atom stereocenters. The van der Waals surface area contributed by atoms with Crippen LogP contribution in [0.2, 0.25) is 5.02 Å². The minimum absolute atomic E-state index is 0.559. The fourth-order valence-corrected chi connectivity index (χ4v) is 2.23. The van der Waals surface area contributed by atoms with Crippen molar-refractivity contribution in [2.24, 2.45) is 0 Å². The van der Waals surface area contributed by atoms with Gasteiger partial charge in [0.1, 0.15) is 15.7 Å². The van der Waals surface area contributed by atoms with E-state index in [9.17, 15) is 0 Å². The van der Waals surface area contributed by atoms with Crippen molar-refractivity contribution in [1.29, 1.82) is 0 Å². The van der Waals surface area contributed by atoms with Crippen LogP contribution in [0.3, 0.4) is 0 Å². The molecule has 0 fully saturated rings. The second-order valence-corrected chi connectivity index (χ2v) is 4.69. The molecule has 1 aromatic carbocycles. The van der Waals surface area contributed by atoms with Gasteiger partial charge in [-0.1, -0.05) is 23.7 Å². The average Bonchev–Trinajstić information content (AvgIpc) is 2.53. The van der Waals surface area contributed by atoms with Crippen LogP contribution >= 0.6 is 23.1 Å². The number of nitrogens with two attached hydrogens (primary N) is 1. The highest BCUT2D eigenvalue weighted by molar-refractivity contribution is 7.11. The summed E-state index contributed by atoms with van der Waals surface area (Å²) in [6, 6.07) is 6.16. The predicted octanol–water partition coefficient (Wildman–Crippen LogP) is 3.66. The molecule has 0 aliphatic rings. The van der Waals surface area contributed by atoms with E-state index >= 15 is 0 Å². The van der Waals surface area contributed by atoms with Crippen molar-refractivity contribution in [3.63, 3.8) is 0 Å². The Kier molecular flexibility index (Phi) is 2.67. The van der Waals surface area contributed by atoms with E-state index in [4.69, 9.17) is 17.3 Å². The normalized spacial score (nSPS) is 10.6. The van der Waals surface area contributed by atoms with Crippen LogP contribution in [0, 0.1) is 13.8 Å². The molecule has 2 aromatic rings. The Balaban J connectivity index is 2.55. The van der Waals surface area contributed by atoms with Crippen LogP contribution in [-0.4, -0.2) is 4.37 Å². The lowest BCUT2D eigenvalue weighted by Gasteiger charge is -2.02. The lowest BCUT2D eigenvalue weighted by Crippen LogP contribution is -1.84. The van der Waals surface area contributed by atoms with Gasteiger partial charge in [-0.25, -0.2) is 0 Å². The monoisotopic (exact) mass is 238 g/mol. The molecule has 1 aromatic heterocycles. The molecule has 4 heteroatoms. The van der Waals surface area contributed by atoms with Crippen LogP contribution in [0.15, 0.2) is 18.2 Å². The maximum atomic E-state index is 6.06.